The van der Waals surface area contributed by atoms with Crippen molar-refractivity contribution < 1.29 is 10.2 Å². The number of phenolic OH excluding ortho intramolecular Hbond substituents is 2. The number of rotatable bonds is 2. The molecule has 3 heterocycles. The molecule has 27 heavy (non-hydrogen) atoms. The van der Waals surface area contributed by atoms with Crippen molar-refractivity contribution in [2.75, 3.05) is 0 Å². The SMILES string of the molecule is Oc1ccc(-c2nnc3c4cnn(-c5ccc(Cl)cc5)c4ncn23)c(O)c1. The van der Waals surface area contributed by atoms with Gasteiger partial charge in [0.1, 0.15) is 17.8 Å². The second-order valence-electron chi connectivity index (χ2n) is 5.93. The third kappa shape index (κ3) is 2.38. The van der Waals surface area contributed by atoms with Crippen molar-refractivity contribution in [1.29, 1.82) is 0 Å². The monoisotopic (exact) mass is 378 g/mol. The van der Waals surface area contributed by atoms with Crippen LogP contribution in [-0.2, 0) is 0 Å². The number of hydrogen-bond donors (Lipinski definition) is 2. The molecule has 0 aliphatic heterocycles. The van der Waals surface area contributed by atoms with Gasteiger partial charge in [-0.15, -0.1) is 10.2 Å². The average Bonchev–Trinajstić information content (AvgIpc) is 3.26. The highest BCUT2D eigenvalue weighted by Gasteiger charge is 2.17. The van der Waals surface area contributed by atoms with Gasteiger partial charge < -0.3 is 10.2 Å². The van der Waals surface area contributed by atoms with Crippen LogP contribution < -0.4 is 0 Å². The van der Waals surface area contributed by atoms with Gasteiger partial charge in [0, 0.05) is 11.1 Å². The summed E-state index contributed by atoms with van der Waals surface area (Å²) in [4.78, 5) is 4.49. The third-order valence-corrected chi connectivity index (χ3v) is 4.52. The quantitative estimate of drug-likeness (QED) is 0.489. The van der Waals surface area contributed by atoms with Gasteiger partial charge in [0.05, 0.1) is 22.8 Å². The van der Waals surface area contributed by atoms with Crippen LogP contribution in [0.25, 0.3) is 33.8 Å². The Bertz CT molecular complexity index is 1310. The fraction of sp³-hybridized carbons (Fsp3) is 0. The van der Waals surface area contributed by atoms with Gasteiger partial charge in [-0.25, -0.2) is 9.67 Å². The van der Waals surface area contributed by atoms with Gasteiger partial charge in [-0.2, -0.15) is 5.10 Å². The fourth-order valence-corrected chi connectivity index (χ4v) is 3.11. The first kappa shape index (κ1) is 15.6. The van der Waals surface area contributed by atoms with Crippen LogP contribution in [0, 0.1) is 0 Å². The zero-order valence-corrected chi connectivity index (χ0v) is 14.4. The molecule has 0 spiro atoms. The van der Waals surface area contributed by atoms with Crippen LogP contribution in [0.3, 0.4) is 0 Å². The van der Waals surface area contributed by atoms with Gasteiger partial charge in [0.25, 0.3) is 0 Å². The van der Waals surface area contributed by atoms with Gasteiger partial charge in [-0.1, -0.05) is 11.6 Å². The minimum Gasteiger partial charge on any atom is -0.508 e. The van der Waals surface area contributed by atoms with E-state index in [1.165, 1.54) is 12.1 Å². The molecular formula is C18H11ClN6O2. The Labute approximate surface area is 156 Å². The zero-order valence-electron chi connectivity index (χ0n) is 13.7. The highest BCUT2D eigenvalue weighted by atomic mass is 35.5. The summed E-state index contributed by atoms with van der Waals surface area (Å²) in [5, 5.41) is 33.8. The molecule has 0 saturated heterocycles. The second-order valence-corrected chi connectivity index (χ2v) is 6.37. The predicted octanol–water partition coefficient (Wildman–Crippen LogP) is 3.19. The van der Waals surface area contributed by atoms with E-state index in [1.807, 2.05) is 12.1 Å². The van der Waals surface area contributed by atoms with Crippen LogP contribution in [0.1, 0.15) is 0 Å². The molecule has 0 saturated carbocycles. The number of fused-ring (bicyclic) bond motifs is 3. The van der Waals surface area contributed by atoms with Crippen LogP contribution in [0.5, 0.6) is 11.5 Å². The largest absolute Gasteiger partial charge is 0.508 e. The highest BCUT2D eigenvalue weighted by molar-refractivity contribution is 6.30. The summed E-state index contributed by atoms with van der Waals surface area (Å²) >= 11 is 5.95. The van der Waals surface area contributed by atoms with Crippen molar-refractivity contribution in [1.82, 2.24) is 29.4 Å². The average molecular weight is 379 g/mol. The molecule has 0 bridgehead atoms. The number of hydrogen-bond acceptors (Lipinski definition) is 6. The van der Waals surface area contributed by atoms with Crippen LogP contribution in [0.15, 0.2) is 55.0 Å². The molecule has 0 radical (unpaired) electrons. The minimum absolute atomic E-state index is 0.0326. The molecule has 0 aliphatic carbocycles. The zero-order chi connectivity index (χ0) is 18.5. The topological polar surface area (TPSA) is 101 Å². The molecule has 8 nitrogen and oxygen atoms in total. The van der Waals surface area contributed by atoms with E-state index in [4.69, 9.17) is 11.6 Å². The van der Waals surface area contributed by atoms with Crippen LogP contribution in [0.4, 0.5) is 0 Å². The predicted molar refractivity (Wildman–Crippen MR) is 99.2 cm³/mol. The van der Waals surface area contributed by atoms with Crippen molar-refractivity contribution in [2.45, 2.75) is 0 Å². The summed E-state index contributed by atoms with van der Waals surface area (Å²) in [5.74, 6) is 0.284. The summed E-state index contributed by atoms with van der Waals surface area (Å²) in [5.41, 5.74) is 2.44. The molecule has 5 rings (SSSR count). The smallest absolute Gasteiger partial charge is 0.175 e. The van der Waals surface area contributed by atoms with Crippen LogP contribution in [0.2, 0.25) is 5.02 Å². The van der Waals surface area contributed by atoms with Gasteiger partial charge in [-0.05, 0) is 36.4 Å². The number of nitrogens with zero attached hydrogens (tertiary/aromatic N) is 6. The van der Waals surface area contributed by atoms with E-state index in [-0.39, 0.29) is 11.5 Å². The summed E-state index contributed by atoms with van der Waals surface area (Å²) in [6.07, 6.45) is 3.24. The highest BCUT2D eigenvalue weighted by Crippen LogP contribution is 2.32. The maximum atomic E-state index is 10.1. The molecule has 5 aromatic rings. The number of aromatic nitrogens is 6. The van der Waals surface area contributed by atoms with Gasteiger partial charge in [-0.3, -0.25) is 4.40 Å². The van der Waals surface area contributed by atoms with Crippen molar-refractivity contribution in [2.24, 2.45) is 0 Å². The van der Waals surface area contributed by atoms with E-state index in [1.54, 1.807) is 39.8 Å². The van der Waals surface area contributed by atoms with E-state index in [0.717, 1.165) is 5.69 Å². The first-order valence-electron chi connectivity index (χ1n) is 7.97. The van der Waals surface area contributed by atoms with Gasteiger partial charge >= 0.3 is 0 Å². The number of halogens is 1. The Morgan fingerprint density at radius 2 is 1.74 bits per heavy atom. The number of aromatic hydroxyl groups is 2. The van der Waals surface area contributed by atoms with Crippen molar-refractivity contribution in [3.05, 3.63) is 60.0 Å². The molecule has 9 heteroatoms. The Morgan fingerprint density at radius 1 is 0.926 bits per heavy atom. The summed E-state index contributed by atoms with van der Waals surface area (Å²) in [7, 11) is 0. The maximum Gasteiger partial charge on any atom is 0.175 e. The summed E-state index contributed by atoms with van der Waals surface area (Å²) in [6, 6.07) is 11.6. The molecule has 132 valence electrons. The van der Waals surface area contributed by atoms with E-state index in [2.05, 4.69) is 20.3 Å². The Hall–Kier alpha value is -3.65. The molecule has 3 aromatic heterocycles. The number of benzene rings is 2. The molecule has 0 unspecified atom stereocenters. The molecule has 2 aromatic carbocycles. The van der Waals surface area contributed by atoms with Crippen LogP contribution in [-0.4, -0.2) is 39.6 Å². The lowest BCUT2D eigenvalue weighted by Crippen LogP contribution is -1.99. The van der Waals surface area contributed by atoms with E-state index < -0.39 is 0 Å². The molecule has 0 atom stereocenters. The molecule has 0 fully saturated rings. The first-order valence-corrected chi connectivity index (χ1v) is 8.35. The van der Waals surface area contributed by atoms with Crippen LogP contribution >= 0.6 is 11.6 Å². The lowest BCUT2D eigenvalue weighted by atomic mass is 10.2. The fourth-order valence-electron chi connectivity index (χ4n) is 2.98. The summed E-state index contributed by atoms with van der Waals surface area (Å²) < 4.78 is 3.36. The van der Waals surface area contributed by atoms with Crippen molar-refractivity contribution in [3.63, 3.8) is 0 Å². The molecular weight excluding hydrogens is 368 g/mol. The van der Waals surface area contributed by atoms with Crippen molar-refractivity contribution in [3.8, 4) is 28.6 Å². The molecule has 2 N–H and O–H groups in total. The lowest BCUT2D eigenvalue weighted by molar-refractivity contribution is 0.451. The third-order valence-electron chi connectivity index (χ3n) is 4.27. The van der Waals surface area contributed by atoms with E-state index in [0.29, 0.717) is 33.1 Å². The Morgan fingerprint density at radius 3 is 2.52 bits per heavy atom. The van der Waals surface area contributed by atoms with Gasteiger partial charge in [0.2, 0.25) is 0 Å². The lowest BCUT2D eigenvalue weighted by Gasteiger charge is -2.05. The Balaban J connectivity index is 1.71. The first-order chi connectivity index (χ1) is 13.1. The van der Waals surface area contributed by atoms with E-state index in [9.17, 15) is 10.2 Å². The maximum absolute atomic E-state index is 10.1. The number of phenols is 2. The van der Waals surface area contributed by atoms with Gasteiger partial charge in [0.15, 0.2) is 17.1 Å². The Kier molecular flexibility index (Phi) is 3.28. The summed E-state index contributed by atoms with van der Waals surface area (Å²) in [6.45, 7) is 0. The van der Waals surface area contributed by atoms with E-state index >= 15 is 0 Å². The molecule has 0 amide bonds. The van der Waals surface area contributed by atoms with Crippen molar-refractivity contribution >= 4 is 28.3 Å². The normalized spacial score (nSPS) is 11.4. The standard InChI is InChI=1S/C18H11ClN6O2/c19-10-1-3-11(4-2-10)25-16-14(8-21-25)18-23-22-17(24(18)9-20-16)13-6-5-12(26)7-15(13)27/h1-9,26-27H. The second kappa shape index (κ2) is 5.68. The molecule has 0 aliphatic rings. The minimum atomic E-state index is -0.0961.